The first-order chi connectivity index (χ1) is 15.7. The molecule has 1 aromatic carbocycles. The smallest absolute Gasteiger partial charge is 0.446 e. The summed E-state index contributed by atoms with van der Waals surface area (Å²) in [7, 11) is 0. The second-order valence-corrected chi connectivity index (χ2v) is 7.93. The molecule has 3 heterocycles. The van der Waals surface area contributed by atoms with E-state index < -0.39 is 17.5 Å². The van der Waals surface area contributed by atoms with Crippen LogP contribution >= 0.6 is 0 Å². The topological polar surface area (TPSA) is 112 Å². The second-order valence-electron chi connectivity index (χ2n) is 7.93. The Morgan fingerprint density at radius 2 is 1.94 bits per heavy atom. The molecule has 0 bridgehead atoms. The van der Waals surface area contributed by atoms with E-state index in [0.29, 0.717) is 19.5 Å². The minimum atomic E-state index is -4.72. The first kappa shape index (κ1) is 22.8. The number of carbonyl (C=O) groups excluding carboxylic acids is 1. The van der Waals surface area contributed by atoms with E-state index in [1.54, 1.807) is 12.1 Å². The van der Waals surface area contributed by atoms with Crippen LogP contribution in [0.3, 0.4) is 0 Å². The second kappa shape index (κ2) is 9.25. The van der Waals surface area contributed by atoms with E-state index in [0.717, 1.165) is 18.4 Å². The number of amides is 1. The highest BCUT2D eigenvalue weighted by molar-refractivity contribution is 5.78. The lowest BCUT2D eigenvalue weighted by Crippen LogP contribution is -2.44. The number of halogens is 3. The Labute approximate surface area is 186 Å². The molecule has 10 nitrogen and oxygen atoms in total. The molecule has 2 aliphatic heterocycles. The summed E-state index contributed by atoms with van der Waals surface area (Å²) in [6.45, 7) is 1.79. The molecule has 2 aliphatic rings. The van der Waals surface area contributed by atoms with Crippen molar-refractivity contribution in [2.24, 2.45) is 0 Å². The van der Waals surface area contributed by atoms with Gasteiger partial charge in [0.2, 0.25) is 5.91 Å². The zero-order valence-corrected chi connectivity index (χ0v) is 17.5. The maximum atomic E-state index is 12.6. The van der Waals surface area contributed by atoms with Gasteiger partial charge in [0.05, 0.1) is 13.2 Å². The highest BCUT2D eigenvalue weighted by atomic mass is 19.4. The van der Waals surface area contributed by atoms with Crippen molar-refractivity contribution in [1.82, 2.24) is 19.8 Å². The Bertz CT molecular complexity index is 1000. The fourth-order valence-corrected chi connectivity index (χ4v) is 4.13. The lowest BCUT2D eigenvalue weighted by molar-refractivity contribution is -0.389. The summed E-state index contributed by atoms with van der Waals surface area (Å²) < 4.78 is 47.6. The van der Waals surface area contributed by atoms with Crippen molar-refractivity contribution in [2.45, 2.75) is 37.7 Å². The monoisotopic (exact) mass is 469 g/mol. The minimum absolute atomic E-state index is 0.103. The van der Waals surface area contributed by atoms with E-state index in [2.05, 4.69) is 15.0 Å². The van der Waals surface area contributed by atoms with E-state index in [1.807, 2.05) is 4.90 Å². The molecule has 0 aliphatic carbocycles. The summed E-state index contributed by atoms with van der Waals surface area (Å²) in [4.78, 5) is 28.7. The van der Waals surface area contributed by atoms with Gasteiger partial charge in [0.1, 0.15) is 18.1 Å². The Balaban J connectivity index is 1.27. The minimum Gasteiger partial charge on any atom is -0.446 e. The number of likely N-dealkylation sites (tertiary alicyclic amines) is 1. The molecule has 1 saturated heterocycles. The van der Waals surface area contributed by atoms with E-state index in [4.69, 9.17) is 4.74 Å². The van der Waals surface area contributed by atoms with Gasteiger partial charge in [0.15, 0.2) is 0 Å². The van der Waals surface area contributed by atoms with Crippen LogP contribution in [0.15, 0.2) is 30.5 Å². The molecule has 1 N–H and O–H groups in total. The SMILES string of the molecule is O=C(CN1CCC(c2ccc(OC(F)(F)F)cc2)CC1)N[C@@H]1CCOc2nc([N+](=O)[O-])cn21. The average Bonchev–Trinajstić information content (AvgIpc) is 3.20. The molecule has 13 heteroatoms. The van der Waals surface area contributed by atoms with Gasteiger partial charge in [-0.15, -0.1) is 13.2 Å². The standard InChI is InChI=1S/C20H22F3N5O5/c21-20(22,23)33-15-3-1-13(2-4-15)14-5-8-26(9-6-14)12-18(29)24-16-7-10-32-19-25-17(28(30)31)11-27(16)19/h1-4,11,14,16H,5-10,12H2,(H,24,29)/t16-/m0/s1. The van der Waals surface area contributed by atoms with Crippen LogP contribution in [0.25, 0.3) is 0 Å². The van der Waals surface area contributed by atoms with Crippen LogP contribution in [-0.4, -0.2) is 57.9 Å². The van der Waals surface area contributed by atoms with Crippen molar-refractivity contribution in [1.29, 1.82) is 0 Å². The van der Waals surface area contributed by atoms with Crippen molar-refractivity contribution < 1.29 is 32.4 Å². The molecule has 1 fully saturated rings. The molecule has 1 atom stereocenters. The van der Waals surface area contributed by atoms with Crippen LogP contribution in [0.5, 0.6) is 11.8 Å². The van der Waals surface area contributed by atoms with Crippen molar-refractivity contribution >= 4 is 11.7 Å². The van der Waals surface area contributed by atoms with E-state index in [1.165, 1.54) is 22.9 Å². The van der Waals surface area contributed by atoms with Crippen LogP contribution in [0, 0.1) is 10.1 Å². The van der Waals surface area contributed by atoms with Crippen LogP contribution in [0.1, 0.15) is 36.9 Å². The fourth-order valence-electron chi connectivity index (χ4n) is 4.13. The maximum absolute atomic E-state index is 12.6. The van der Waals surface area contributed by atoms with E-state index in [9.17, 15) is 28.1 Å². The normalized spacial score (nSPS) is 19.4. The molecule has 1 aromatic heterocycles. The number of carbonyl (C=O) groups is 1. The van der Waals surface area contributed by atoms with Gasteiger partial charge in [-0.1, -0.05) is 12.1 Å². The summed E-state index contributed by atoms with van der Waals surface area (Å²) in [6, 6.07) is 6.00. The predicted molar refractivity (Wildman–Crippen MR) is 108 cm³/mol. The van der Waals surface area contributed by atoms with Crippen LogP contribution in [0.2, 0.25) is 0 Å². The molecular weight excluding hydrogens is 447 g/mol. The number of hydrogen-bond acceptors (Lipinski definition) is 7. The van der Waals surface area contributed by atoms with Gasteiger partial charge in [-0.2, -0.15) is 0 Å². The molecule has 33 heavy (non-hydrogen) atoms. The van der Waals surface area contributed by atoms with E-state index >= 15 is 0 Å². The van der Waals surface area contributed by atoms with Crippen molar-refractivity contribution in [3.05, 3.63) is 46.1 Å². The zero-order valence-electron chi connectivity index (χ0n) is 17.5. The molecule has 1 amide bonds. The number of nitro groups is 1. The number of fused-ring (bicyclic) bond motifs is 1. The third-order valence-corrected chi connectivity index (χ3v) is 5.70. The lowest BCUT2D eigenvalue weighted by Gasteiger charge is -2.32. The summed E-state index contributed by atoms with van der Waals surface area (Å²) in [5, 5.41) is 13.8. The Morgan fingerprint density at radius 3 is 2.58 bits per heavy atom. The Kier molecular flexibility index (Phi) is 6.40. The number of nitrogens with zero attached hydrogens (tertiary/aromatic N) is 4. The molecule has 4 rings (SSSR count). The van der Waals surface area contributed by atoms with Gasteiger partial charge >= 0.3 is 18.2 Å². The van der Waals surface area contributed by atoms with Gasteiger partial charge in [0, 0.05) is 11.4 Å². The highest BCUT2D eigenvalue weighted by Gasteiger charge is 2.32. The van der Waals surface area contributed by atoms with Gasteiger partial charge in [-0.25, -0.2) is 0 Å². The quantitative estimate of drug-likeness (QED) is 0.511. The summed E-state index contributed by atoms with van der Waals surface area (Å²) >= 11 is 0. The molecule has 2 aromatic rings. The third kappa shape index (κ3) is 5.72. The number of alkyl halides is 3. The number of ether oxygens (including phenoxy) is 2. The summed E-state index contributed by atoms with van der Waals surface area (Å²) in [6.07, 6.45) is -1.95. The van der Waals surface area contributed by atoms with Crippen LogP contribution in [0.4, 0.5) is 19.0 Å². The fraction of sp³-hybridized carbons (Fsp3) is 0.500. The summed E-state index contributed by atoms with van der Waals surface area (Å²) in [5.74, 6) is -0.615. The molecule has 178 valence electrons. The number of nitrogens with one attached hydrogen (secondary N) is 1. The van der Waals surface area contributed by atoms with Gasteiger partial charge < -0.3 is 24.9 Å². The summed E-state index contributed by atoms with van der Waals surface area (Å²) in [5.41, 5.74) is 0.935. The number of imidazole rings is 1. The van der Waals surface area contributed by atoms with Crippen LogP contribution in [-0.2, 0) is 4.79 Å². The molecule has 0 radical (unpaired) electrons. The molecule has 0 unspecified atom stereocenters. The van der Waals surface area contributed by atoms with Crippen LogP contribution < -0.4 is 14.8 Å². The van der Waals surface area contributed by atoms with Crippen molar-refractivity contribution in [2.75, 3.05) is 26.2 Å². The largest absolute Gasteiger partial charge is 0.573 e. The van der Waals surface area contributed by atoms with Crippen molar-refractivity contribution in [3.8, 4) is 11.8 Å². The number of hydrogen-bond donors (Lipinski definition) is 1. The van der Waals surface area contributed by atoms with Gasteiger partial charge in [-0.05, 0) is 54.5 Å². The third-order valence-electron chi connectivity index (χ3n) is 5.70. The molecular formula is C20H22F3N5O5. The van der Waals surface area contributed by atoms with Crippen molar-refractivity contribution in [3.63, 3.8) is 0 Å². The average molecular weight is 469 g/mol. The number of aromatic nitrogens is 2. The first-order valence-electron chi connectivity index (χ1n) is 10.4. The predicted octanol–water partition coefficient (Wildman–Crippen LogP) is 2.97. The molecule has 0 saturated carbocycles. The Hall–Kier alpha value is -3.35. The molecule has 0 spiro atoms. The zero-order chi connectivity index (χ0) is 23.6. The number of rotatable bonds is 6. The number of benzene rings is 1. The van der Waals surface area contributed by atoms with E-state index in [-0.39, 0.29) is 42.6 Å². The van der Waals surface area contributed by atoms with Gasteiger partial charge in [0.25, 0.3) is 0 Å². The Morgan fingerprint density at radius 1 is 1.24 bits per heavy atom. The maximum Gasteiger partial charge on any atom is 0.573 e. The highest BCUT2D eigenvalue weighted by Crippen LogP contribution is 2.31. The first-order valence-corrected chi connectivity index (χ1v) is 10.4. The lowest BCUT2D eigenvalue weighted by atomic mass is 9.89. The van der Waals surface area contributed by atoms with Gasteiger partial charge in [-0.3, -0.25) is 14.3 Å². The number of piperidine rings is 1.